The van der Waals surface area contributed by atoms with Crippen molar-refractivity contribution in [2.75, 3.05) is 62.5 Å². The Bertz CT molecular complexity index is 1150. The van der Waals surface area contributed by atoms with Crippen LogP contribution in [-0.2, 0) is 0 Å². The monoisotopic (exact) mass is 513 g/mol. The first-order valence-corrected chi connectivity index (χ1v) is 11.8. The van der Waals surface area contributed by atoms with Gasteiger partial charge in [-0.05, 0) is 49.8 Å². The second kappa shape index (κ2) is 11.3. The highest BCUT2D eigenvalue weighted by Gasteiger charge is 2.36. The van der Waals surface area contributed by atoms with Crippen molar-refractivity contribution >= 4 is 30.0 Å². The molecule has 2 aliphatic rings. The van der Waals surface area contributed by atoms with Crippen molar-refractivity contribution in [3.8, 4) is 11.5 Å². The molecule has 2 atom stereocenters. The topological polar surface area (TPSA) is 70.0 Å². The molecule has 36 heavy (non-hydrogen) atoms. The Morgan fingerprint density at radius 1 is 1.03 bits per heavy atom. The molecule has 194 valence electrons. The van der Waals surface area contributed by atoms with E-state index < -0.39 is 0 Å². The van der Waals surface area contributed by atoms with E-state index in [1.807, 2.05) is 68.3 Å². The molecule has 0 saturated carbocycles. The van der Waals surface area contributed by atoms with Gasteiger partial charge in [0.1, 0.15) is 0 Å². The van der Waals surface area contributed by atoms with Crippen LogP contribution < -0.4 is 9.47 Å². The maximum atomic E-state index is 12.8. The molecule has 0 aliphatic carbocycles. The first-order chi connectivity index (χ1) is 16.7. The Morgan fingerprint density at radius 3 is 2.22 bits per heavy atom. The van der Waals surface area contributed by atoms with Crippen molar-refractivity contribution in [2.24, 2.45) is 9.98 Å². The Kier molecular flexibility index (Phi) is 8.63. The third kappa shape index (κ3) is 5.34. The largest absolute Gasteiger partial charge is 0.493 e. The molecule has 0 aromatic heterocycles. The van der Waals surface area contributed by atoms with Crippen LogP contribution >= 0.6 is 12.4 Å². The highest BCUT2D eigenvalue weighted by Crippen LogP contribution is 2.42. The molecule has 8 nitrogen and oxygen atoms in total. The van der Waals surface area contributed by atoms with E-state index in [4.69, 9.17) is 14.5 Å². The van der Waals surface area contributed by atoms with Gasteiger partial charge >= 0.3 is 0 Å². The number of hydrogen-bond donors (Lipinski definition) is 0. The summed E-state index contributed by atoms with van der Waals surface area (Å²) >= 11 is 0. The summed E-state index contributed by atoms with van der Waals surface area (Å²) < 4.78 is 11.2. The van der Waals surface area contributed by atoms with Crippen molar-refractivity contribution in [2.45, 2.75) is 18.4 Å². The van der Waals surface area contributed by atoms with Gasteiger partial charge in [-0.25, -0.2) is 0 Å². The third-order valence-electron chi connectivity index (χ3n) is 6.69. The van der Waals surface area contributed by atoms with Gasteiger partial charge in [0, 0.05) is 57.3 Å². The Hall–Kier alpha value is -3.10. The van der Waals surface area contributed by atoms with Gasteiger partial charge < -0.3 is 24.2 Å². The van der Waals surface area contributed by atoms with Crippen LogP contribution in [0.1, 0.15) is 39.4 Å². The van der Waals surface area contributed by atoms with Crippen LogP contribution in [0.25, 0.3) is 0 Å². The van der Waals surface area contributed by atoms with Crippen LogP contribution in [0, 0.1) is 0 Å². The molecular formula is C27H36ClN5O3. The number of fused-ring (bicyclic) bond motifs is 3. The van der Waals surface area contributed by atoms with E-state index in [0.29, 0.717) is 23.2 Å². The Morgan fingerprint density at radius 2 is 1.64 bits per heavy atom. The number of likely N-dealkylation sites (tertiary alicyclic amines) is 1. The quantitative estimate of drug-likeness (QED) is 0.461. The van der Waals surface area contributed by atoms with Crippen LogP contribution in [0.3, 0.4) is 0 Å². The predicted molar refractivity (Wildman–Crippen MR) is 147 cm³/mol. The van der Waals surface area contributed by atoms with Gasteiger partial charge in [0.05, 0.1) is 26.0 Å². The van der Waals surface area contributed by atoms with E-state index in [1.165, 1.54) is 5.56 Å². The number of nitrogens with zero attached hydrogens (tertiary/aromatic N) is 5. The lowest BCUT2D eigenvalue weighted by Crippen LogP contribution is -2.41. The maximum absolute atomic E-state index is 12.8. The smallest absolute Gasteiger partial charge is 0.280 e. The summed E-state index contributed by atoms with van der Waals surface area (Å²) in [4.78, 5) is 28.3. The molecule has 1 amide bonds. The minimum atomic E-state index is -0.276. The van der Waals surface area contributed by atoms with E-state index in [0.717, 1.165) is 42.1 Å². The lowest BCUT2D eigenvalue weighted by atomic mass is 9.79. The predicted octanol–water partition coefficient (Wildman–Crippen LogP) is 3.38. The van der Waals surface area contributed by atoms with E-state index in [-0.39, 0.29) is 24.4 Å². The zero-order valence-corrected chi connectivity index (χ0v) is 22.9. The fraction of sp³-hybridized carbons (Fsp3) is 0.444. The van der Waals surface area contributed by atoms with Crippen LogP contribution in [0.15, 0.2) is 46.4 Å². The number of rotatable bonds is 4. The highest BCUT2D eigenvalue weighted by atomic mass is 35.5. The maximum Gasteiger partial charge on any atom is 0.280 e. The lowest BCUT2D eigenvalue weighted by Gasteiger charge is -2.39. The van der Waals surface area contributed by atoms with Gasteiger partial charge in [-0.2, -0.15) is 4.99 Å². The number of carbonyl (C=O) groups is 1. The number of methoxy groups -OCH3 is 2. The molecule has 0 spiro atoms. The standard InChI is InChI=1S/C27H35N5O3.ClH/c1-30(2)27(31(3)4)29-26(33)18-10-8-17(9-11-18)25-20-15-24(35-7)23(34-6)14-19(20)21-16-32(5)13-12-22(21)28-25;/h8-11,14-15,21-22H,12-13,16H2,1-7H3;1H. The molecule has 0 radical (unpaired) electrons. The molecule has 2 aliphatic heterocycles. The number of aliphatic imine (C=N–C) groups is 2. The van der Waals surface area contributed by atoms with Gasteiger partial charge in [0.25, 0.3) is 5.91 Å². The van der Waals surface area contributed by atoms with Gasteiger partial charge in [0.15, 0.2) is 11.5 Å². The minimum absolute atomic E-state index is 0. The summed E-state index contributed by atoms with van der Waals surface area (Å²) in [6, 6.07) is 11.9. The Labute approximate surface area is 220 Å². The number of piperidine rings is 1. The summed E-state index contributed by atoms with van der Waals surface area (Å²) in [6.07, 6.45) is 1.00. The van der Waals surface area contributed by atoms with Crippen LogP contribution in [0.4, 0.5) is 0 Å². The fourth-order valence-electron chi connectivity index (χ4n) is 4.96. The third-order valence-corrected chi connectivity index (χ3v) is 6.69. The van der Waals surface area contributed by atoms with Crippen molar-refractivity contribution < 1.29 is 14.3 Å². The summed E-state index contributed by atoms with van der Waals surface area (Å²) in [7, 11) is 13.0. The van der Waals surface area contributed by atoms with Crippen LogP contribution in [0.5, 0.6) is 11.5 Å². The van der Waals surface area contributed by atoms with Gasteiger partial charge in [-0.3, -0.25) is 9.79 Å². The molecule has 4 rings (SSSR count). The zero-order chi connectivity index (χ0) is 25.3. The molecule has 0 bridgehead atoms. The molecule has 2 aromatic carbocycles. The zero-order valence-electron chi connectivity index (χ0n) is 22.1. The molecule has 2 aromatic rings. The van der Waals surface area contributed by atoms with Crippen molar-refractivity contribution in [1.82, 2.24) is 14.7 Å². The normalized spacial score (nSPS) is 18.6. The van der Waals surface area contributed by atoms with Crippen molar-refractivity contribution in [3.63, 3.8) is 0 Å². The number of halogens is 1. The van der Waals surface area contributed by atoms with E-state index in [9.17, 15) is 4.79 Å². The average molecular weight is 514 g/mol. The Balaban J connectivity index is 0.00000361. The van der Waals surface area contributed by atoms with Crippen LogP contribution in [0.2, 0.25) is 0 Å². The molecule has 1 fully saturated rings. The molecular weight excluding hydrogens is 478 g/mol. The van der Waals surface area contributed by atoms with E-state index >= 15 is 0 Å². The SMILES string of the molecule is COc1cc2c(cc1OC)C1CN(C)CCC1N=C2c1ccc(C(=O)N=C(N(C)C)N(C)C)cc1.Cl. The molecule has 2 heterocycles. The summed E-state index contributed by atoms with van der Waals surface area (Å²) in [5.41, 5.74) is 4.72. The summed E-state index contributed by atoms with van der Waals surface area (Å²) in [6.45, 7) is 1.97. The number of benzene rings is 2. The lowest BCUT2D eigenvalue weighted by molar-refractivity contribution is 0.0999. The van der Waals surface area contributed by atoms with Crippen LogP contribution in [-0.4, -0.2) is 101 Å². The first kappa shape index (κ1) is 27.5. The van der Waals surface area contributed by atoms with Crippen molar-refractivity contribution in [3.05, 3.63) is 58.7 Å². The molecule has 1 saturated heterocycles. The number of ether oxygens (including phenoxy) is 2. The number of amides is 1. The number of carbonyl (C=O) groups excluding carboxylic acids is 1. The van der Waals surface area contributed by atoms with Gasteiger partial charge in [0.2, 0.25) is 5.96 Å². The van der Waals surface area contributed by atoms with E-state index in [2.05, 4.69) is 23.0 Å². The fourth-order valence-corrected chi connectivity index (χ4v) is 4.96. The van der Waals surface area contributed by atoms with Crippen molar-refractivity contribution in [1.29, 1.82) is 0 Å². The van der Waals surface area contributed by atoms with Gasteiger partial charge in [-0.1, -0.05) is 12.1 Å². The van der Waals surface area contributed by atoms with E-state index in [1.54, 1.807) is 14.2 Å². The second-order valence-electron chi connectivity index (χ2n) is 9.58. The summed E-state index contributed by atoms with van der Waals surface area (Å²) in [5.74, 6) is 2.04. The molecule has 0 N–H and O–H groups in total. The van der Waals surface area contributed by atoms with Gasteiger partial charge in [-0.15, -0.1) is 12.4 Å². The second-order valence-corrected chi connectivity index (χ2v) is 9.58. The molecule has 2 unspecified atom stereocenters. The molecule has 9 heteroatoms. The number of likely N-dealkylation sites (N-methyl/N-ethyl adjacent to an activating group) is 1. The highest BCUT2D eigenvalue weighted by molar-refractivity contribution is 6.15. The number of guanidine groups is 1. The minimum Gasteiger partial charge on any atom is -0.493 e. The average Bonchev–Trinajstić information content (AvgIpc) is 2.85. The number of hydrogen-bond acceptors (Lipinski definition) is 5. The summed E-state index contributed by atoms with van der Waals surface area (Å²) in [5, 5.41) is 0. The first-order valence-electron chi connectivity index (χ1n) is 11.8.